The van der Waals surface area contributed by atoms with Crippen molar-refractivity contribution in [2.45, 2.75) is 251 Å². The molecule has 0 aliphatic heterocycles. The maximum Gasteiger partial charge on any atom is 0.306 e. The normalized spacial score (nSPS) is 14.1. The molecular weight excluding hydrogens is 990 g/mol. The number of likely N-dealkylation sites (N-methyl/N-ethyl adjacent to an activating group) is 1. The van der Waals surface area contributed by atoms with Crippen LogP contribution in [0, 0.1) is 0 Å². The van der Waals surface area contributed by atoms with Crippen LogP contribution in [0.2, 0.25) is 0 Å². The predicted octanol–water partition coefficient (Wildman–Crippen LogP) is 19.3. The summed E-state index contributed by atoms with van der Waals surface area (Å²) in [5.74, 6) is -0.839. The van der Waals surface area contributed by atoms with E-state index in [2.05, 4.69) is 135 Å². The summed E-state index contributed by atoms with van der Waals surface area (Å²) in [6.07, 6.45) is 82.6. The van der Waals surface area contributed by atoms with Gasteiger partial charge in [0, 0.05) is 12.8 Å². The van der Waals surface area contributed by atoms with Crippen molar-refractivity contribution in [3.05, 3.63) is 122 Å². The van der Waals surface area contributed by atoms with E-state index in [4.69, 9.17) is 18.5 Å². The molecule has 2 unspecified atom stereocenters. The van der Waals surface area contributed by atoms with Crippen molar-refractivity contribution >= 4 is 19.8 Å². The molecule has 0 fully saturated rings. The van der Waals surface area contributed by atoms with Gasteiger partial charge in [-0.1, -0.05) is 264 Å². The van der Waals surface area contributed by atoms with Gasteiger partial charge in [0.2, 0.25) is 0 Å². The minimum atomic E-state index is -4.64. The van der Waals surface area contributed by atoms with Gasteiger partial charge in [-0.05, 0) is 89.9 Å². The van der Waals surface area contributed by atoms with E-state index < -0.39 is 26.5 Å². The SMILES string of the molecule is CC/C=C\C/C=C\C/C=C\C/C=C\C/C=C\C/C=C\C/C=C\C/C=C\C/C=C\C/C=C\CCCCCCCCCCCCC(=O)OC(COC(=O)CCCCCCCCCCCCCCC)COP(=O)([O-])OCC[N+](C)(C)C. The smallest absolute Gasteiger partial charge is 0.306 e. The van der Waals surface area contributed by atoms with Crippen LogP contribution in [0.5, 0.6) is 0 Å². The second-order valence-corrected chi connectivity index (χ2v) is 23.1. The van der Waals surface area contributed by atoms with E-state index in [1.165, 1.54) is 103 Å². The number of phosphoric ester groups is 1. The Hall–Kier alpha value is -3.59. The van der Waals surface area contributed by atoms with Crippen molar-refractivity contribution < 1.29 is 42.1 Å². The molecule has 0 aliphatic rings. The van der Waals surface area contributed by atoms with Gasteiger partial charge in [-0.15, -0.1) is 0 Å². The van der Waals surface area contributed by atoms with Gasteiger partial charge < -0.3 is 27.9 Å². The van der Waals surface area contributed by atoms with E-state index >= 15 is 0 Å². The van der Waals surface area contributed by atoms with E-state index in [1.807, 2.05) is 21.1 Å². The van der Waals surface area contributed by atoms with Gasteiger partial charge in [0.25, 0.3) is 7.82 Å². The Bertz CT molecular complexity index is 1730. The summed E-state index contributed by atoms with van der Waals surface area (Å²) in [6, 6.07) is 0. The summed E-state index contributed by atoms with van der Waals surface area (Å²) in [4.78, 5) is 37.8. The molecule has 0 saturated heterocycles. The highest BCUT2D eigenvalue weighted by Crippen LogP contribution is 2.38. The Morgan fingerprint density at radius 2 is 0.731 bits per heavy atom. The molecule has 0 aromatic heterocycles. The number of unbranched alkanes of at least 4 members (excludes halogenated alkanes) is 22. The highest BCUT2D eigenvalue weighted by Gasteiger charge is 2.22. The number of rotatable bonds is 56. The van der Waals surface area contributed by atoms with E-state index in [-0.39, 0.29) is 32.0 Å². The fourth-order valence-corrected chi connectivity index (χ4v) is 8.94. The summed E-state index contributed by atoms with van der Waals surface area (Å²) in [7, 11) is 1.16. The summed E-state index contributed by atoms with van der Waals surface area (Å²) < 4.78 is 34.1. The number of esters is 2. The molecule has 0 aromatic carbocycles. The van der Waals surface area contributed by atoms with Gasteiger partial charge >= 0.3 is 11.9 Å². The Morgan fingerprint density at radius 1 is 0.410 bits per heavy atom. The zero-order valence-corrected chi connectivity index (χ0v) is 51.5. The first-order chi connectivity index (χ1) is 38.0. The monoisotopic (exact) mass is 1110 g/mol. The summed E-state index contributed by atoms with van der Waals surface area (Å²) in [5.41, 5.74) is 0. The van der Waals surface area contributed by atoms with Crippen molar-refractivity contribution in [3.63, 3.8) is 0 Å². The van der Waals surface area contributed by atoms with Crippen molar-refractivity contribution in [2.75, 3.05) is 47.5 Å². The molecule has 0 rings (SSSR count). The number of quaternary nitrogens is 1. The molecule has 0 heterocycles. The van der Waals surface area contributed by atoms with Crippen LogP contribution in [0.15, 0.2) is 122 Å². The third-order valence-corrected chi connectivity index (χ3v) is 14.0. The molecule has 9 nitrogen and oxygen atoms in total. The van der Waals surface area contributed by atoms with Crippen LogP contribution in [0.3, 0.4) is 0 Å². The van der Waals surface area contributed by atoms with Crippen LogP contribution >= 0.6 is 7.82 Å². The Morgan fingerprint density at radius 3 is 1.09 bits per heavy atom. The van der Waals surface area contributed by atoms with Crippen LogP contribution in [0.25, 0.3) is 0 Å². The van der Waals surface area contributed by atoms with Crippen LogP contribution < -0.4 is 4.89 Å². The molecule has 0 spiro atoms. The number of hydrogen-bond donors (Lipinski definition) is 0. The first kappa shape index (κ1) is 74.4. The minimum absolute atomic E-state index is 0.0351. The molecule has 0 bridgehead atoms. The van der Waals surface area contributed by atoms with Gasteiger partial charge in [-0.2, -0.15) is 0 Å². The number of phosphoric acid groups is 1. The lowest BCUT2D eigenvalue weighted by molar-refractivity contribution is -0.870. The maximum atomic E-state index is 12.8. The fraction of sp³-hybridized carbons (Fsp3) is 0.676. The Kier molecular flexibility index (Phi) is 55.4. The van der Waals surface area contributed by atoms with E-state index in [0.29, 0.717) is 17.4 Å². The molecule has 0 radical (unpaired) electrons. The third-order valence-electron chi connectivity index (χ3n) is 13.0. The molecule has 0 aliphatic carbocycles. The van der Waals surface area contributed by atoms with Crippen molar-refractivity contribution in [1.82, 2.24) is 0 Å². The molecule has 446 valence electrons. The molecular formula is C68H116NO8P. The van der Waals surface area contributed by atoms with E-state index in [9.17, 15) is 19.0 Å². The van der Waals surface area contributed by atoms with Crippen LogP contribution in [-0.4, -0.2) is 70.0 Å². The fourth-order valence-electron chi connectivity index (χ4n) is 8.21. The standard InChI is InChI=1S/C68H116NO8P/c1-6-8-10-12-14-16-18-20-21-22-23-24-25-26-27-28-29-30-31-32-33-34-35-36-37-38-39-40-41-42-43-44-45-46-47-49-51-53-55-57-59-61-68(71)77-66(65-76-78(72,73)75-63-62-69(3,4)5)64-74-67(70)60-58-56-54-52-50-48-19-17-15-13-11-9-7-2/h8,10,14,16,20-21,23-24,26-27,29-30,32-33,35-36,38-39,41-42,66H,6-7,9,11-13,15,17-19,22,25,28,31,34,37,40,43-65H2,1-5H3/b10-8-,16-14-,21-20-,24-23-,27-26-,30-29-,33-32-,36-35-,39-38-,42-41-. The quantitative estimate of drug-likeness (QED) is 0.0195. The van der Waals surface area contributed by atoms with E-state index in [1.54, 1.807) is 0 Å². The lowest BCUT2D eigenvalue weighted by Crippen LogP contribution is -2.37. The molecule has 2 atom stereocenters. The lowest BCUT2D eigenvalue weighted by atomic mass is 10.0. The number of allylic oxidation sites excluding steroid dienone is 20. The van der Waals surface area contributed by atoms with Crippen LogP contribution in [0.4, 0.5) is 0 Å². The molecule has 78 heavy (non-hydrogen) atoms. The van der Waals surface area contributed by atoms with Gasteiger partial charge in [0.1, 0.15) is 19.8 Å². The second-order valence-electron chi connectivity index (χ2n) is 21.7. The summed E-state index contributed by atoms with van der Waals surface area (Å²) in [6.45, 7) is 4.11. The highest BCUT2D eigenvalue weighted by molar-refractivity contribution is 7.45. The second kappa shape index (κ2) is 58.1. The van der Waals surface area contributed by atoms with Gasteiger partial charge in [-0.25, -0.2) is 0 Å². The Balaban J connectivity index is 4.06. The average molecular weight is 1110 g/mol. The van der Waals surface area contributed by atoms with Crippen LogP contribution in [0.1, 0.15) is 245 Å². The predicted molar refractivity (Wildman–Crippen MR) is 332 cm³/mol. The number of carbonyl (C=O) groups is 2. The summed E-state index contributed by atoms with van der Waals surface area (Å²) in [5, 5.41) is 0. The molecule has 0 amide bonds. The summed E-state index contributed by atoms with van der Waals surface area (Å²) >= 11 is 0. The zero-order valence-electron chi connectivity index (χ0n) is 50.6. The molecule has 0 aromatic rings. The molecule has 0 saturated carbocycles. The van der Waals surface area contributed by atoms with Gasteiger partial charge in [0.05, 0.1) is 27.7 Å². The number of hydrogen-bond acceptors (Lipinski definition) is 8. The van der Waals surface area contributed by atoms with Crippen LogP contribution in [-0.2, 0) is 32.7 Å². The van der Waals surface area contributed by atoms with Crippen molar-refractivity contribution in [3.8, 4) is 0 Å². The first-order valence-electron chi connectivity index (χ1n) is 31.2. The number of ether oxygens (including phenoxy) is 2. The van der Waals surface area contributed by atoms with Crippen molar-refractivity contribution in [1.29, 1.82) is 0 Å². The van der Waals surface area contributed by atoms with E-state index in [0.717, 1.165) is 109 Å². The Labute approximate surface area is 479 Å². The number of nitrogens with zero attached hydrogens (tertiary/aromatic N) is 1. The van der Waals surface area contributed by atoms with Gasteiger partial charge in [0.15, 0.2) is 6.10 Å². The third kappa shape index (κ3) is 61.6. The topological polar surface area (TPSA) is 111 Å². The minimum Gasteiger partial charge on any atom is -0.756 e. The van der Waals surface area contributed by atoms with Crippen molar-refractivity contribution in [2.24, 2.45) is 0 Å². The zero-order chi connectivity index (χ0) is 57.0. The van der Waals surface area contributed by atoms with Gasteiger partial charge in [-0.3, -0.25) is 14.2 Å². The molecule has 10 heteroatoms. The molecule has 0 N–H and O–H groups in total. The average Bonchev–Trinajstić information content (AvgIpc) is 3.40. The first-order valence-corrected chi connectivity index (χ1v) is 32.7. The lowest BCUT2D eigenvalue weighted by Gasteiger charge is -2.28. The largest absolute Gasteiger partial charge is 0.756 e. The highest BCUT2D eigenvalue weighted by atomic mass is 31.2. The maximum absolute atomic E-state index is 12.8. The number of carbonyl (C=O) groups excluding carboxylic acids is 2.